The Labute approximate surface area is 186 Å². The standard InChI is InChI=1S/C19H28F3N3O3.HI/c1-23-18(24-12-6-4-3-5-7-17(26)27-2)25-13-15-8-10-16(11-9-15)28-14-19(20,21)22;/h8-11H,3-7,12-14H2,1-2H3,(H2,23,24,25);1H. The van der Waals surface area contributed by atoms with Crippen molar-refractivity contribution in [2.45, 2.75) is 44.8 Å². The van der Waals surface area contributed by atoms with Crippen LogP contribution in [0, 0.1) is 0 Å². The largest absolute Gasteiger partial charge is 0.484 e. The van der Waals surface area contributed by atoms with Gasteiger partial charge in [-0.3, -0.25) is 9.79 Å². The molecular formula is C19H29F3IN3O3. The van der Waals surface area contributed by atoms with E-state index in [-0.39, 0.29) is 35.7 Å². The van der Waals surface area contributed by atoms with Crippen LogP contribution in [0.5, 0.6) is 5.75 Å². The van der Waals surface area contributed by atoms with E-state index in [4.69, 9.17) is 0 Å². The quantitative estimate of drug-likeness (QED) is 0.148. The lowest BCUT2D eigenvalue weighted by molar-refractivity contribution is -0.153. The van der Waals surface area contributed by atoms with Crippen LogP contribution < -0.4 is 15.4 Å². The molecule has 0 fully saturated rings. The first kappa shape index (κ1) is 27.3. The summed E-state index contributed by atoms with van der Waals surface area (Å²) in [6.45, 7) is -0.0652. The van der Waals surface area contributed by atoms with Crippen molar-refractivity contribution in [2.24, 2.45) is 4.99 Å². The molecule has 1 aromatic rings. The Balaban J connectivity index is 0.00000784. The topological polar surface area (TPSA) is 72.0 Å². The van der Waals surface area contributed by atoms with Crippen LogP contribution in [-0.2, 0) is 16.1 Å². The maximum atomic E-state index is 12.1. The molecule has 0 aliphatic heterocycles. The second-order valence-corrected chi connectivity index (χ2v) is 6.14. The SMILES string of the molecule is CN=C(NCCCCCCC(=O)OC)NCc1ccc(OCC(F)(F)F)cc1.I. The fourth-order valence-corrected chi connectivity index (χ4v) is 2.33. The summed E-state index contributed by atoms with van der Waals surface area (Å²) in [5.41, 5.74) is 0.894. The van der Waals surface area contributed by atoms with Crippen LogP contribution in [-0.4, -0.2) is 45.4 Å². The predicted molar refractivity (Wildman–Crippen MR) is 117 cm³/mol. The molecule has 0 bridgehead atoms. The maximum Gasteiger partial charge on any atom is 0.422 e. The number of aliphatic imine (C=N–C) groups is 1. The maximum absolute atomic E-state index is 12.1. The van der Waals surface area contributed by atoms with Gasteiger partial charge in [0.05, 0.1) is 7.11 Å². The Bertz CT molecular complexity index is 611. The van der Waals surface area contributed by atoms with Crippen LogP contribution >= 0.6 is 24.0 Å². The molecule has 1 aromatic carbocycles. The van der Waals surface area contributed by atoms with Gasteiger partial charge in [-0.2, -0.15) is 13.2 Å². The third-order valence-electron chi connectivity index (χ3n) is 3.84. The van der Waals surface area contributed by atoms with Crippen LogP contribution in [0.3, 0.4) is 0 Å². The second kappa shape index (κ2) is 15.2. The molecule has 2 N–H and O–H groups in total. The van der Waals surface area contributed by atoms with Crippen LogP contribution in [0.2, 0.25) is 0 Å². The lowest BCUT2D eigenvalue weighted by Crippen LogP contribution is -2.37. The Morgan fingerprint density at radius 3 is 2.31 bits per heavy atom. The molecule has 0 amide bonds. The molecule has 0 heterocycles. The van der Waals surface area contributed by atoms with Gasteiger partial charge in [-0.1, -0.05) is 25.0 Å². The molecular weight excluding hydrogens is 502 g/mol. The van der Waals surface area contributed by atoms with E-state index in [9.17, 15) is 18.0 Å². The molecule has 0 radical (unpaired) electrons. The molecule has 0 atom stereocenters. The monoisotopic (exact) mass is 531 g/mol. The van der Waals surface area contributed by atoms with Gasteiger partial charge >= 0.3 is 12.1 Å². The average molecular weight is 531 g/mol. The van der Waals surface area contributed by atoms with Crippen molar-refractivity contribution in [3.8, 4) is 5.75 Å². The summed E-state index contributed by atoms with van der Waals surface area (Å²) in [6, 6.07) is 6.42. The van der Waals surface area contributed by atoms with Crippen LogP contribution in [0.1, 0.15) is 37.7 Å². The Kier molecular flexibility index (Phi) is 14.3. The number of hydrogen-bond acceptors (Lipinski definition) is 4. The van der Waals surface area contributed by atoms with Gasteiger partial charge in [-0.25, -0.2) is 0 Å². The number of carbonyl (C=O) groups is 1. The Hall–Kier alpha value is -1.72. The van der Waals surface area contributed by atoms with E-state index >= 15 is 0 Å². The minimum absolute atomic E-state index is 0. The van der Waals surface area contributed by atoms with Crippen molar-refractivity contribution in [3.63, 3.8) is 0 Å². The first-order valence-corrected chi connectivity index (χ1v) is 9.14. The molecule has 0 saturated heterocycles. The van der Waals surface area contributed by atoms with Gasteiger partial charge < -0.3 is 20.1 Å². The van der Waals surface area contributed by atoms with Gasteiger partial charge in [0.1, 0.15) is 5.75 Å². The number of guanidine groups is 1. The minimum atomic E-state index is -4.35. The van der Waals surface area contributed by atoms with Crippen LogP contribution in [0.4, 0.5) is 13.2 Å². The fraction of sp³-hybridized carbons (Fsp3) is 0.579. The molecule has 1 rings (SSSR count). The molecule has 0 aromatic heterocycles. The van der Waals surface area contributed by atoms with E-state index in [1.165, 1.54) is 19.2 Å². The highest BCUT2D eigenvalue weighted by Gasteiger charge is 2.28. The van der Waals surface area contributed by atoms with Crippen LogP contribution in [0.15, 0.2) is 29.3 Å². The fourth-order valence-electron chi connectivity index (χ4n) is 2.33. The first-order chi connectivity index (χ1) is 13.3. The third kappa shape index (κ3) is 14.0. The average Bonchev–Trinajstić information content (AvgIpc) is 2.67. The Morgan fingerprint density at radius 1 is 1.07 bits per heavy atom. The molecule has 0 spiro atoms. The zero-order valence-electron chi connectivity index (χ0n) is 16.7. The number of nitrogens with one attached hydrogen (secondary N) is 2. The van der Waals surface area contributed by atoms with Crippen molar-refractivity contribution in [1.29, 1.82) is 0 Å². The van der Waals surface area contributed by atoms with Gasteiger partial charge in [0.2, 0.25) is 0 Å². The molecule has 29 heavy (non-hydrogen) atoms. The minimum Gasteiger partial charge on any atom is -0.484 e. The number of carbonyl (C=O) groups excluding carboxylic acids is 1. The summed E-state index contributed by atoms with van der Waals surface area (Å²) in [7, 11) is 3.06. The van der Waals surface area contributed by atoms with E-state index in [0.717, 1.165) is 37.8 Å². The number of methoxy groups -OCH3 is 1. The van der Waals surface area contributed by atoms with Crippen molar-refractivity contribution >= 4 is 35.9 Å². The number of alkyl halides is 3. The Morgan fingerprint density at radius 2 is 1.72 bits per heavy atom. The summed E-state index contributed by atoms with van der Waals surface area (Å²) in [4.78, 5) is 15.1. The van der Waals surface area contributed by atoms with Crippen molar-refractivity contribution in [1.82, 2.24) is 10.6 Å². The van der Waals surface area contributed by atoms with Gasteiger partial charge in [-0.15, -0.1) is 24.0 Å². The van der Waals surface area contributed by atoms with Crippen molar-refractivity contribution in [3.05, 3.63) is 29.8 Å². The predicted octanol–water partition coefficient (Wildman–Crippen LogP) is 4.03. The number of unbranched alkanes of at least 4 members (excludes halogenated alkanes) is 3. The van der Waals surface area contributed by atoms with Gasteiger partial charge in [0.25, 0.3) is 0 Å². The molecule has 10 heteroatoms. The zero-order chi connectivity index (χ0) is 20.8. The van der Waals surface area contributed by atoms with E-state index in [1.54, 1.807) is 19.2 Å². The number of ether oxygens (including phenoxy) is 2. The number of hydrogen-bond donors (Lipinski definition) is 2. The number of nitrogens with zero attached hydrogens (tertiary/aromatic N) is 1. The third-order valence-corrected chi connectivity index (χ3v) is 3.84. The number of benzene rings is 1. The summed E-state index contributed by atoms with van der Waals surface area (Å²) in [5.74, 6) is 0.644. The van der Waals surface area contributed by atoms with Gasteiger partial charge in [-0.05, 0) is 30.5 Å². The molecule has 0 unspecified atom stereocenters. The molecule has 6 nitrogen and oxygen atoms in total. The molecule has 0 aliphatic carbocycles. The number of rotatable bonds is 11. The summed E-state index contributed by atoms with van der Waals surface area (Å²) in [6.07, 6.45) is -0.158. The van der Waals surface area contributed by atoms with E-state index in [2.05, 4.69) is 25.1 Å². The van der Waals surface area contributed by atoms with Crippen LogP contribution in [0.25, 0.3) is 0 Å². The second-order valence-electron chi connectivity index (χ2n) is 6.14. The molecule has 166 valence electrons. The summed E-state index contributed by atoms with van der Waals surface area (Å²) >= 11 is 0. The van der Waals surface area contributed by atoms with Crippen molar-refractivity contribution < 1.29 is 27.4 Å². The summed E-state index contributed by atoms with van der Waals surface area (Å²) < 4.78 is 45.7. The van der Waals surface area contributed by atoms with Gasteiger partial charge in [0.15, 0.2) is 12.6 Å². The van der Waals surface area contributed by atoms with Gasteiger partial charge in [0, 0.05) is 26.6 Å². The molecule has 0 saturated carbocycles. The van der Waals surface area contributed by atoms with Crippen molar-refractivity contribution in [2.75, 3.05) is 27.3 Å². The number of esters is 1. The normalized spacial score (nSPS) is 11.4. The lowest BCUT2D eigenvalue weighted by Gasteiger charge is -2.13. The number of halogens is 4. The first-order valence-electron chi connectivity index (χ1n) is 9.14. The highest BCUT2D eigenvalue weighted by Crippen LogP contribution is 2.18. The smallest absolute Gasteiger partial charge is 0.422 e. The van der Waals surface area contributed by atoms with E-state index in [1.807, 2.05) is 0 Å². The lowest BCUT2D eigenvalue weighted by atomic mass is 10.1. The zero-order valence-corrected chi connectivity index (χ0v) is 19.0. The highest BCUT2D eigenvalue weighted by atomic mass is 127. The molecule has 0 aliphatic rings. The highest BCUT2D eigenvalue weighted by molar-refractivity contribution is 14.0. The van der Waals surface area contributed by atoms with E-state index in [0.29, 0.717) is 18.9 Å². The van der Waals surface area contributed by atoms with E-state index < -0.39 is 12.8 Å². The summed E-state index contributed by atoms with van der Waals surface area (Å²) in [5, 5.41) is 6.34.